The van der Waals surface area contributed by atoms with Gasteiger partial charge in [0.1, 0.15) is 5.69 Å². The molecule has 1 saturated heterocycles. The number of anilines is 1. The minimum Gasteiger partial charge on any atom is -0.303 e. The molecule has 0 spiro atoms. The minimum atomic E-state index is -0.675. The third-order valence-corrected chi connectivity index (χ3v) is 5.17. The van der Waals surface area contributed by atoms with Crippen LogP contribution in [-0.4, -0.2) is 45.2 Å². The number of amides is 1. The highest BCUT2D eigenvalue weighted by atomic mass is 35.5. The Morgan fingerprint density at radius 2 is 1.97 bits per heavy atom. The van der Waals surface area contributed by atoms with Gasteiger partial charge in [-0.1, -0.05) is 48.6 Å². The fourth-order valence-electron chi connectivity index (χ4n) is 3.22. The molecule has 2 aromatic heterocycles. The third kappa shape index (κ3) is 4.20. The second-order valence-corrected chi connectivity index (χ2v) is 7.32. The smallest absolute Gasteiger partial charge is 0.276 e. The van der Waals surface area contributed by atoms with Crippen LogP contribution in [0.25, 0.3) is 0 Å². The van der Waals surface area contributed by atoms with Gasteiger partial charge >= 0.3 is 0 Å². The van der Waals surface area contributed by atoms with E-state index in [9.17, 15) is 9.18 Å². The van der Waals surface area contributed by atoms with Gasteiger partial charge in [0.2, 0.25) is 0 Å². The lowest BCUT2D eigenvalue weighted by Gasteiger charge is -2.38. The first-order valence-electron chi connectivity index (χ1n) is 9.54. The molecule has 0 bridgehead atoms. The van der Waals surface area contributed by atoms with Crippen LogP contribution < -0.4 is 5.32 Å². The number of benzene rings is 1. The van der Waals surface area contributed by atoms with Crippen LogP contribution in [-0.2, 0) is 0 Å². The molecule has 0 aliphatic carbocycles. The molecule has 8 heteroatoms. The van der Waals surface area contributed by atoms with Gasteiger partial charge in [0, 0.05) is 30.4 Å². The van der Waals surface area contributed by atoms with E-state index in [0.29, 0.717) is 5.56 Å². The topological polar surface area (TPSA) is 63.1 Å². The Hall–Kier alpha value is -3.21. The van der Waals surface area contributed by atoms with Gasteiger partial charge in [0.15, 0.2) is 11.6 Å². The highest BCUT2D eigenvalue weighted by Crippen LogP contribution is 2.26. The summed E-state index contributed by atoms with van der Waals surface area (Å²) < 4.78 is 16.1. The lowest BCUT2D eigenvalue weighted by Crippen LogP contribution is -2.48. The largest absolute Gasteiger partial charge is 0.303 e. The minimum absolute atomic E-state index is 0.0617. The molecular formula is C22H19ClFN5O. The van der Waals surface area contributed by atoms with Gasteiger partial charge in [-0.2, -0.15) is 5.10 Å². The summed E-state index contributed by atoms with van der Waals surface area (Å²) in [6.45, 7) is 4.58. The Labute approximate surface area is 178 Å². The van der Waals surface area contributed by atoms with E-state index in [2.05, 4.69) is 39.1 Å². The Morgan fingerprint density at radius 3 is 2.67 bits per heavy atom. The molecule has 1 amide bonds. The number of likely N-dealkylation sites (tertiary alicyclic amines) is 1. The van der Waals surface area contributed by atoms with Crippen molar-refractivity contribution in [3.63, 3.8) is 0 Å². The monoisotopic (exact) mass is 423 g/mol. The summed E-state index contributed by atoms with van der Waals surface area (Å²) in [5.74, 6) is 4.39. The van der Waals surface area contributed by atoms with Crippen LogP contribution in [0.3, 0.4) is 0 Å². The predicted molar refractivity (Wildman–Crippen MR) is 113 cm³/mol. The van der Waals surface area contributed by atoms with Crippen molar-refractivity contribution in [2.24, 2.45) is 0 Å². The van der Waals surface area contributed by atoms with Crippen molar-refractivity contribution in [3.05, 3.63) is 76.5 Å². The van der Waals surface area contributed by atoms with Crippen molar-refractivity contribution in [2.45, 2.75) is 13.0 Å². The number of hydrogen-bond donors (Lipinski definition) is 1. The van der Waals surface area contributed by atoms with Crippen molar-refractivity contribution in [1.82, 2.24) is 19.7 Å². The summed E-state index contributed by atoms with van der Waals surface area (Å²) in [6, 6.07) is 10.7. The Balaban J connectivity index is 1.49. The summed E-state index contributed by atoms with van der Waals surface area (Å²) >= 11 is 6.18. The lowest BCUT2D eigenvalue weighted by atomic mass is 10.1. The quantitative estimate of drug-likeness (QED) is 0.651. The van der Waals surface area contributed by atoms with E-state index >= 15 is 0 Å². The molecule has 3 aromatic rings. The van der Waals surface area contributed by atoms with E-state index in [-0.39, 0.29) is 22.6 Å². The zero-order chi connectivity index (χ0) is 21.1. The van der Waals surface area contributed by atoms with E-state index in [1.165, 1.54) is 18.5 Å². The molecule has 1 aliphatic rings. The van der Waals surface area contributed by atoms with E-state index in [1.54, 1.807) is 4.68 Å². The summed E-state index contributed by atoms with van der Waals surface area (Å²) in [6.07, 6.45) is 2.84. The van der Waals surface area contributed by atoms with E-state index in [1.807, 2.05) is 30.3 Å². The first-order valence-corrected chi connectivity index (χ1v) is 9.92. The van der Waals surface area contributed by atoms with Gasteiger partial charge in [0.05, 0.1) is 17.3 Å². The van der Waals surface area contributed by atoms with Gasteiger partial charge < -0.3 is 5.32 Å². The van der Waals surface area contributed by atoms with Crippen molar-refractivity contribution < 1.29 is 9.18 Å². The lowest BCUT2D eigenvalue weighted by molar-refractivity contribution is 0.0920. The standard InChI is InChI=1S/C22H19ClFN5O/c1-2-28-13-17(14-28)29-20(18(23)12-26-29)22(30)27-21-19(24)10-16(11-25-21)9-8-15-6-4-3-5-7-15/h3-7,10-12,17H,2,13-14H2,1H3,(H,25,27,30). The summed E-state index contributed by atoms with van der Waals surface area (Å²) in [7, 11) is 0. The van der Waals surface area contributed by atoms with E-state index in [0.717, 1.165) is 25.2 Å². The van der Waals surface area contributed by atoms with Gasteiger partial charge in [-0.3, -0.25) is 14.4 Å². The molecule has 4 rings (SSSR count). The second-order valence-electron chi connectivity index (χ2n) is 6.92. The van der Waals surface area contributed by atoms with Crippen molar-refractivity contribution >= 4 is 23.3 Å². The normalized spacial score (nSPS) is 14.0. The SMILES string of the molecule is CCN1CC(n2ncc(Cl)c2C(=O)Nc2ncc(C#Cc3ccccc3)cc2F)C1. The van der Waals surface area contributed by atoms with E-state index in [4.69, 9.17) is 11.6 Å². The molecule has 0 unspecified atom stereocenters. The van der Waals surface area contributed by atoms with Crippen LogP contribution in [0.2, 0.25) is 5.02 Å². The summed E-state index contributed by atoms with van der Waals surface area (Å²) in [5, 5.41) is 6.93. The van der Waals surface area contributed by atoms with E-state index < -0.39 is 11.7 Å². The molecule has 3 heterocycles. The second kappa shape index (κ2) is 8.66. The van der Waals surface area contributed by atoms with Crippen molar-refractivity contribution in [2.75, 3.05) is 25.0 Å². The summed E-state index contributed by atoms with van der Waals surface area (Å²) in [4.78, 5) is 19.0. The Morgan fingerprint density at radius 1 is 1.23 bits per heavy atom. The number of rotatable bonds is 4. The molecule has 1 N–H and O–H groups in total. The molecule has 30 heavy (non-hydrogen) atoms. The van der Waals surface area contributed by atoms with Crippen LogP contribution in [0.1, 0.15) is 34.6 Å². The number of aromatic nitrogens is 3. The molecule has 1 aliphatic heterocycles. The van der Waals surface area contributed by atoms with Gasteiger partial charge in [0.25, 0.3) is 5.91 Å². The first kappa shape index (κ1) is 20.1. The molecule has 152 valence electrons. The number of halogens is 2. The fourth-order valence-corrected chi connectivity index (χ4v) is 3.43. The number of carbonyl (C=O) groups is 1. The first-order chi connectivity index (χ1) is 14.5. The average molecular weight is 424 g/mol. The number of carbonyl (C=O) groups excluding carboxylic acids is 1. The molecular weight excluding hydrogens is 405 g/mol. The number of hydrogen-bond acceptors (Lipinski definition) is 4. The van der Waals surface area contributed by atoms with Crippen LogP contribution in [0.5, 0.6) is 0 Å². The zero-order valence-electron chi connectivity index (χ0n) is 16.3. The molecule has 1 fully saturated rings. The van der Waals surface area contributed by atoms with Gasteiger partial charge in [-0.05, 0) is 24.7 Å². The maximum atomic E-state index is 14.5. The zero-order valence-corrected chi connectivity index (χ0v) is 17.0. The van der Waals surface area contributed by atoms with Crippen LogP contribution in [0.15, 0.2) is 48.8 Å². The van der Waals surface area contributed by atoms with Crippen LogP contribution in [0.4, 0.5) is 10.2 Å². The maximum Gasteiger partial charge on any atom is 0.276 e. The number of nitrogens with one attached hydrogen (secondary N) is 1. The highest BCUT2D eigenvalue weighted by Gasteiger charge is 2.32. The fraction of sp³-hybridized carbons (Fsp3) is 0.227. The molecule has 0 saturated carbocycles. The highest BCUT2D eigenvalue weighted by molar-refractivity contribution is 6.34. The molecule has 1 aromatic carbocycles. The Bertz CT molecular complexity index is 1130. The molecule has 0 atom stereocenters. The molecule has 6 nitrogen and oxygen atoms in total. The summed E-state index contributed by atoms with van der Waals surface area (Å²) in [5.41, 5.74) is 1.42. The maximum absolute atomic E-state index is 14.5. The van der Waals surface area contributed by atoms with Crippen molar-refractivity contribution in [1.29, 1.82) is 0 Å². The van der Waals surface area contributed by atoms with Gasteiger partial charge in [-0.25, -0.2) is 9.37 Å². The average Bonchev–Trinajstić information content (AvgIpc) is 3.09. The van der Waals surface area contributed by atoms with Crippen LogP contribution >= 0.6 is 11.6 Å². The number of nitrogens with zero attached hydrogens (tertiary/aromatic N) is 4. The Kier molecular flexibility index (Phi) is 5.79. The number of likely N-dealkylation sites (N-methyl/N-ethyl adjacent to an activating group) is 1. The van der Waals surface area contributed by atoms with Gasteiger partial charge in [-0.15, -0.1) is 0 Å². The van der Waals surface area contributed by atoms with Crippen LogP contribution in [0, 0.1) is 17.7 Å². The molecule has 0 radical (unpaired) electrons. The number of pyridine rings is 1. The van der Waals surface area contributed by atoms with Crippen molar-refractivity contribution in [3.8, 4) is 11.8 Å². The third-order valence-electron chi connectivity index (χ3n) is 4.89. The predicted octanol–water partition coefficient (Wildman–Crippen LogP) is 3.60.